The molecule has 2 heteroatoms. The van der Waals surface area contributed by atoms with Gasteiger partial charge in [0.25, 0.3) is 0 Å². The molecule has 20 heavy (non-hydrogen) atoms. The molecule has 2 rings (SSSR count). The average Bonchev–Trinajstić information content (AvgIpc) is 2.48. The van der Waals surface area contributed by atoms with E-state index < -0.39 is 0 Å². The van der Waals surface area contributed by atoms with Crippen molar-refractivity contribution < 1.29 is 0 Å². The van der Waals surface area contributed by atoms with Crippen LogP contribution < -0.4 is 5.32 Å². The van der Waals surface area contributed by atoms with E-state index in [9.17, 15) is 0 Å². The topological polar surface area (TPSA) is 15.3 Å². The van der Waals surface area contributed by atoms with Crippen LogP contribution in [0, 0.1) is 6.92 Å². The predicted molar refractivity (Wildman–Crippen MR) is 87.1 cm³/mol. The number of aryl methyl sites for hydroxylation is 1. The molecule has 0 amide bonds. The number of benzene rings is 1. The molecule has 2 nitrogen and oxygen atoms in total. The minimum atomic E-state index is 0.452. The zero-order valence-corrected chi connectivity index (χ0v) is 13.4. The van der Waals surface area contributed by atoms with Crippen molar-refractivity contribution in [3.63, 3.8) is 0 Å². The van der Waals surface area contributed by atoms with Gasteiger partial charge in [0.05, 0.1) is 0 Å². The highest BCUT2D eigenvalue weighted by molar-refractivity contribution is 5.24. The number of nitrogens with one attached hydrogen (secondary N) is 1. The summed E-state index contributed by atoms with van der Waals surface area (Å²) in [5, 5.41) is 3.51. The zero-order valence-electron chi connectivity index (χ0n) is 13.4. The first-order chi connectivity index (χ1) is 9.74. The number of likely N-dealkylation sites (tertiary alicyclic amines) is 1. The highest BCUT2D eigenvalue weighted by Gasteiger charge is 2.24. The molecule has 1 aromatic rings. The molecule has 2 unspecified atom stereocenters. The highest BCUT2D eigenvalue weighted by atomic mass is 15.2. The second-order valence-corrected chi connectivity index (χ2v) is 6.19. The molecule has 0 saturated carbocycles. The van der Waals surface area contributed by atoms with E-state index in [1.807, 2.05) is 0 Å². The van der Waals surface area contributed by atoms with Crippen LogP contribution in [0.4, 0.5) is 0 Å². The molecule has 0 bridgehead atoms. The van der Waals surface area contributed by atoms with Crippen molar-refractivity contribution in [2.75, 3.05) is 20.1 Å². The van der Waals surface area contributed by atoms with Gasteiger partial charge in [0.2, 0.25) is 0 Å². The van der Waals surface area contributed by atoms with E-state index in [0.29, 0.717) is 6.04 Å². The second kappa shape index (κ2) is 7.80. The minimum Gasteiger partial charge on any atom is -0.312 e. The molecule has 112 valence electrons. The Morgan fingerprint density at radius 2 is 2.00 bits per heavy atom. The Labute approximate surface area is 124 Å². The molecule has 1 N–H and O–H groups in total. The smallest absolute Gasteiger partial charge is 0.0446 e. The third-order valence-electron chi connectivity index (χ3n) is 4.62. The molecule has 1 aromatic carbocycles. The van der Waals surface area contributed by atoms with E-state index in [1.54, 1.807) is 0 Å². The van der Waals surface area contributed by atoms with Crippen LogP contribution in [-0.2, 0) is 0 Å². The van der Waals surface area contributed by atoms with E-state index in [4.69, 9.17) is 0 Å². The van der Waals surface area contributed by atoms with Crippen molar-refractivity contribution in [2.24, 2.45) is 0 Å². The summed E-state index contributed by atoms with van der Waals surface area (Å²) < 4.78 is 0. The zero-order chi connectivity index (χ0) is 14.4. The highest BCUT2D eigenvalue weighted by Crippen LogP contribution is 2.24. The van der Waals surface area contributed by atoms with Gasteiger partial charge >= 0.3 is 0 Å². The fourth-order valence-corrected chi connectivity index (χ4v) is 3.36. The lowest BCUT2D eigenvalue weighted by Crippen LogP contribution is -2.43. The fraction of sp³-hybridized carbons (Fsp3) is 0.667. The molecule has 0 spiro atoms. The quantitative estimate of drug-likeness (QED) is 0.846. The lowest BCUT2D eigenvalue weighted by atomic mass is 9.96. The van der Waals surface area contributed by atoms with Crippen LogP contribution in [0.2, 0.25) is 0 Å². The standard InChI is InChI=1S/C18H30N2/c1-4-7-17-8-5-6-13-20(17)14-18(19-3)16-11-9-15(2)10-12-16/h9-12,17-19H,4-8,13-14H2,1-3H3. The van der Waals surface area contributed by atoms with Gasteiger partial charge in [-0.2, -0.15) is 0 Å². The van der Waals surface area contributed by atoms with Crippen LogP contribution >= 0.6 is 0 Å². The van der Waals surface area contributed by atoms with Crippen molar-refractivity contribution >= 4 is 0 Å². The van der Waals surface area contributed by atoms with Crippen molar-refractivity contribution in [1.82, 2.24) is 10.2 Å². The number of rotatable bonds is 6. The second-order valence-electron chi connectivity index (χ2n) is 6.19. The van der Waals surface area contributed by atoms with Gasteiger partial charge in [-0.1, -0.05) is 49.6 Å². The van der Waals surface area contributed by atoms with Gasteiger partial charge in [-0.15, -0.1) is 0 Å². The van der Waals surface area contributed by atoms with Gasteiger partial charge in [-0.3, -0.25) is 4.90 Å². The fourth-order valence-electron chi connectivity index (χ4n) is 3.36. The van der Waals surface area contributed by atoms with Crippen LogP contribution in [-0.4, -0.2) is 31.1 Å². The summed E-state index contributed by atoms with van der Waals surface area (Å²) in [5.41, 5.74) is 2.75. The van der Waals surface area contributed by atoms with Gasteiger partial charge in [0.15, 0.2) is 0 Å². The first-order valence-corrected chi connectivity index (χ1v) is 8.22. The molecule has 0 radical (unpaired) electrons. The van der Waals surface area contributed by atoms with E-state index in [-0.39, 0.29) is 0 Å². The summed E-state index contributed by atoms with van der Waals surface area (Å²) in [4.78, 5) is 2.72. The Bertz CT molecular complexity index is 383. The van der Waals surface area contributed by atoms with E-state index >= 15 is 0 Å². The first-order valence-electron chi connectivity index (χ1n) is 8.22. The Balaban J connectivity index is 2.02. The monoisotopic (exact) mass is 274 g/mol. The molecule has 1 aliphatic heterocycles. The Morgan fingerprint density at radius 3 is 2.65 bits per heavy atom. The van der Waals surface area contributed by atoms with Crippen LogP contribution in [0.15, 0.2) is 24.3 Å². The average molecular weight is 274 g/mol. The third-order valence-corrected chi connectivity index (χ3v) is 4.62. The van der Waals surface area contributed by atoms with E-state index in [1.165, 1.54) is 49.8 Å². The number of hydrogen-bond acceptors (Lipinski definition) is 2. The van der Waals surface area contributed by atoms with Gasteiger partial charge in [0, 0.05) is 18.6 Å². The van der Waals surface area contributed by atoms with Gasteiger partial charge in [-0.25, -0.2) is 0 Å². The van der Waals surface area contributed by atoms with Gasteiger partial charge in [0.1, 0.15) is 0 Å². The van der Waals surface area contributed by atoms with Crippen LogP contribution in [0.5, 0.6) is 0 Å². The largest absolute Gasteiger partial charge is 0.312 e. The molecular weight excluding hydrogens is 244 g/mol. The lowest BCUT2D eigenvalue weighted by molar-refractivity contribution is 0.126. The molecule has 0 aromatic heterocycles. The minimum absolute atomic E-state index is 0.452. The Morgan fingerprint density at radius 1 is 1.25 bits per heavy atom. The normalized spacial score (nSPS) is 21.9. The summed E-state index contributed by atoms with van der Waals surface area (Å²) in [6.07, 6.45) is 6.82. The van der Waals surface area contributed by atoms with Crippen LogP contribution in [0.1, 0.15) is 56.2 Å². The Hall–Kier alpha value is -0.860. The van der Waals surface area contributed by atoms with Gasteiger partial charge < -0.3 is 5.32 Å². The maximum Gasteiger partial charge on any atom is 0.0446 e. The summed E-state index contributed by atoms with van der Waals surface area (Å²) in [5.74, 6) is 0. The lowest BCUT2D eigenvalue weighted by Gasteiger charge is -2.38. The van der Waals surface area contributed by atoms with Crippen molar-refractivity contribution in [2.45, 2.75) is 58.0 Å². The third kappa shape index (κ3) is 4.07. The van der Waals surface area contributed by atoms with E-state index in [2.05, 4.69) is 55.4 Å². The predicted octanol–water partition coefficient (Wildman–Crippen LogP) is 3.91. The molecule has 1 fully saturated rings. The molecular formula is C18H30N2. The molecule has 1 saturated heterocycles. The summed E-state index contributed by atoms with van der Waals surface area (Å²) in [6, 6.07) is 10.2. The SMILES string of the molecule is CCCC1CCCCN1CC(NC)c1ccc(C)cc1. The van der Waals surface area contributed by atoms with Crippen molar-refractivity contribution in [3.8, 4) is 0 Å². The number of likely N-dealkylation sites (N-methyl/N-ethyl adjacent to an activating group) is 1. The van der Waals surface area contributed by atoms with Crippen molar-refractivity contribution in [1.29, 1.82) is 0 Å². The number of hydrogen-bond donors (Lipinski definition) is 1. The van der Waals surface area contributed by atoms with Crippen LogP contribution in [0.25, 0.3) is 0 Å². The van der Waals surface area contributed by atoms with E-state index in [0.717, 1.165) is 12.6 Å². The van der Waals surface area contributed by atoms with Crippen molar-refractivity contribution in [3.05, 3.63) is 35.4 Å². The molecule has 1 aliphatic rings. The number of nitrogens with zero attached hydrogens (tertiary/aromatic N) is 1. The summed E-state index contributed by atoms with van der Waals surface area (Å²) >= 11 is 0. The molecule has 2 atom stereocenters. The molecule has 0 aliphatic carbocycles. The maximum absolute atomic E-state index is 3.51. The summed E-state index contributed by atoms with van der Waals surface area (Å²) in [7, 11) is 2.09. The summed E-state index contributed by atoms with van der Waals surface area (Å²) in [6.45, 7) is 6.88. The maximum atomic E-state index is 3.51. The Kier molecular flexibility index (Phi) is 6.06. The first kappa shape index (κ1) is 15.5. The number of piperidine rings is 1. The van der Waals surface area contributed by atoms with Crippen LogP contribution in [0.3, 0.4) is 0 Å². The van der Waals surface area contributed by atoms with Gasteiger partial charge in [-0.05, 0) is 45.3 Å². The molecule has 1 heterocycles.